The summed E-state index contributed by atoms with van der Waals surface area (Å²) in [5.74, 6) is -0.750. The van der Waals surface area contributed by atoms with Gasteiger partial charge in [-0.15, -0.1) is 16.4 Å². The number of anilines is 3. The van der Waals surface area contributed by atoms with Crippen LogP contribution < -0.4 is 16.2 Å². The SMILES string of the molecule is CC(=O)c1ccc(C(=O)n2nc(Nc3ccc(S(N)(=O)=O)cc3)nc2N)s1. The van der Waals surface area contributed by atoms with E-state index in [1.54, 1.807) is 6.07 Å². The van der Waals surface area contributed by atoms with Crippen molar-refractivity contribution in [2.45, 2.75) is 11.8 Å². The zero-order chi connectivity index (χ0) is 19.8. The van der Waals surface area contributed by atoms with E-state index in [4.69, 9.17) is 10.9 Å². The summed E-state index contributed by atoms with van der Waals surface area (Å²) in [5, 5.41) is 11.9. The van der Waals surface area contributed by atoms with Crippen molar-refractivity contribution in [1.29, 1.82) is 0 Å². The number of nitrogen functional groups attached to an aromatic ring is 1. The van der Waals surface area contributed by atoms with Crippen molar-refractivity contribution < 1.29 is 18.0 Å². The Labute approximate surface area is 157 Å². The predicted octanol–water partition coefficient (Wildman–Crippen LogP) is 1.20. The van der Waals surface area contributed by atoms with Crippen molar-refractivity contribution in [1.82, 2.24) is 14.8 Å². The van der Waals surface area contributed by atoms with Crippen LogP contribution in [0.3, 0.4) is 0 Å². The summed E-state index contributed by atoms with van der Waals surface area (Å²) in [6.07, 6.45) is 0. The number of thiophene rings is 1. The Bertz CT molecular complexity index is 1130. The van der Waals surface area contributed by atoms with E-state index >= 15 is 0 Å². The summed E-state index contributed by atoms with van der Waals surface area (Å²) < 4.78 is 23.4. The number of nitrogens with one attached hydrogen (secondary N) is 1. The molecule has 0 aliphatic heterocycles. The molecule has 12 heteroatoms. The van der Waals surface area contributed by atoms with Crippen LogP contribution in [-0.4, -0.2) is 34.9 Å². The molecule has 3 rings (SSSR count). The summed E-state index contributed by atoms with van der Waals surface area (Å²) >= 11 is 1.04. The third-order valence-corrected chi connectivity index (χ3v) is 5.53. The molecule has 0 saturated heterocycles. The fourth-order valence-corrected chi connectivity index (χ4v) is 3.47. The zero-order valence-electron chi connectivity index (χ0n) is 13.9. The molecular formula is C15H14N6O4S2. The Kier molecular flexibility index (Phi) is 4.78. The van der Waals surface area contributed by atoms with Gasteiger partial charge in [0, 0.05) is 5.69 Å². The maximum atomic E-state index is 12.5. The summed E-state index contributed by atoms with van der Waals surface area (Å²) in [4.78, 5) is 28.5. The Morgan fingerprint density at radius 1 is 1.11 bits per heavy atom. The molecule has 0 saturated carbocycles. The number of hydrogen-bond acceptors (Lipinski definition) is 9. The molecule has 0 spiro atoms. The van der Waals surface area contributed by atoms with Crippen molar-refractivity contribution in [2.75, 3.05) is 11.1 Å². The van der Waals surface area contributed by atoms with Gasteiger partial charge in [0.2, 0.25) is 21.9 Å². The topological polar surface area (TPSA) is 163 Å². The fraction of sp³-hybridized carbons (Fsp3) is 0.0667. The van der Waals surface area contributed by atoms with Gasteiger partial charge in [-0.05, 0) is 43.3 Å². The van der Waals surface area contributed by atoms with E-state index in [0.717, 1.165) is 16.0 Å². The van der Waals surface area contributed by atoms with Gasteiger partial charge >= 0.3 is 0 Å². The van der Waals surface area contributed by atoms with E-state index in [0.29, 0.717) is 15.4 Å². The van der Waals surface area contributed by atoms with Crippen molar-refractivity contribution in [3.8, 4) is 0 Å². The lowest BCUT2D eigenvalue weighted by Gasteiger charge is -2.03. The molecule has 0 fully saturated rings. The smallest absolute Gasteiger partial charge is 0.291 e. The Hall–Kier alpha value is -3.09. The van der Waals surface area contributed by atoms with E-state index in [1.165, 1.54) is 37.3 Å². The number of Topliss-reactive ketones (excluding diaryl/α,β-unsaturated/α-hetero) is 1. The summed E-state index contributed by atoms with van der Waals surface area (Å²) in [6.45, 7) is 1.41. The van der Waals surface area contributed by atoms with Crippen LogP contribution in [0, 0.1) is 0 Å². The first-order valence-electron chi connectivity index (χ1n) is 7.43. The lowest BCUT2D eigenvalue weighted by Crippen LogP contribution is -2.15. The third kappa shape index (κ3) is 4.02. The van der Waals surface area contributed by atoms with Gasteiger partial charge in [0.05, 0.1) is 14.6 Å². The number of carbonyl (C=O) groups excluding carboxylic acids is 2. The average Bonchev–Trinajstić information content (AvgIpc) is 3.21. The highest BCUT2D eigenvalue weighted by atomic mass is 32.2. The van der Waals surface area contributed by atoms with E-state index in [2.05, 4.69) is 15.4 Å². The maximum absolute atomic E-state index is 12.5. The highest BCUT2D eigenvalue weighted by Crippen LogP contribution is 2.21. The molecule has 1 aromatic carbocycles. The molecule has 3 aromatic rings. The van der Waals surface area contributed by atoms with Crippen molar-refractivity contribution in [3.63, 3.8) is 0 Å². The highest BCUT2D eigenvalue weighted by molar-refractivity contribution is 7.89. The summed E-state index contributed by atoms with van der Waals surface area (Å²) in [5.41, 5.74) is 6.23. The lowest BCUT2D eigenvalue weighted by molar-refractivity contribution is 0.0951. The van der Waals surface area contributed by atoms with Crippen LogP contribution in [-0.2, 0) is 10.0 Å². The number of carbonyl (C=O) groups is 2. The van der Waals surface area contributed by atoms with Crippen molar-refractivity contribution in [2.24, 2.45) is 5.14 Å². The molecule has 2 heterocycles. The first-order valence-corrected chi connectivity index (χ1v) is 9.79. The van der Waals surface area contributed by atoms with E-state index in [9.17, 15) is 18.0 Å². The molecule has 5 N–H and O–H groups in total. The van der Waals surface area contributed by atoms with Crippen LogP contribution >= 0.6 is 11.3 Å². The summed E-state index contributed by atoms with van der Waals surface area (Å²) in [6, 6.07) is 8.65. The molecule has 0 unspecified atom stereocenters. The number of nitrogens with two attached hydrogens (primary N) is 2. The molecule has 0 radical (unpaired) electrons. The van der Waals surface area contributed by atoms with Crippen LogP contribution in [0.2, 0.25) is 0 Å². The zero-order valence-corrected chi connectivity index (χ0v) is 15.5. The second-order valence-electron chi connectivity index (χ2n) is 5.43. The third-order valence-electron chi connectivity index (χ3n) is 3.43. The van der Waals surface area contributed by atoms with Gasteiger partial charge in [0.25, 0.3) is 5.91 Å². The Morgan fingerprint density at radius 2 is 1.74 bits per heavy atom. The van der Waals surface area contributed by atoms with Crippen LogP contribution in [0.5, 0.6) is 0 Å². The number of sulfonamides is 1. The van der Waals surface area contributed by atoms with Crippen LogP contribution in [0.25, 0.3) is 0 Å². The Morgan fingerprint density at radius 3 is 2.30 bits per heavy atom. The molecule has 0 amide bonds. The molecule has 0 bridgehead atoms. The minimum absolute atomic E-state index is 0.0415. The molecule has 0 aliphatic carbocycles. The molecular weight excluding hydrogens is 392 g/mol. The van der Waals surface area contributed by atoms with Crippen LogP contribution in [0.4, 0.5) is 17.6 Å². The first-order chi connectivity index (χ1) is 12.6. The lowest BCUT2D eigenvalue weighted by atomic mass is 10.3. The number of hydrogen-bond donors (Lipinski definition) is 3. The maximum Gasteiger partial charge on any atom is 0.291 e. The van der Waals surface area contributed by atoms with E-state index in [-0.39, 0.29) is 22.6 Å². The highest BCUT2D eigenvalue weighted by Gasteiger charge is 2.19. The average molecular weight is 406 g/mol. The van der Waals surface area contributed by atoms with Crippen LogP contribution in [0.15, 0.2) is 41.3 Å². The second-order valence-corrected chi connectivity index (χ2v) is 8.07. The number of primary sulfonamides is 1. The van der Waals surface area contributed by atoms with Gasteiger partial charge in [-0.2, -0.15) is 9.67 Å². The largest absolute Gasteiger partial charge is 0.368 e. The van der Waals surface area contributed by atoms with Gasteiger partial charge in [0.1, 0.15) is 0 Å². The van der Waals surface area contributed by atoms with E-state index < -0.39 is 15.9 Å². The van der Waals surface area contributed by atoms with Crippen molar-refractivity contribution in [3.05, 3.63) is 46.2 Å². The number of aromatic nitrogens is 3. The fourth-order valence-electron chi connectivity index (χ4n) is 2.13. The van der Waals surface area contributed by atoms with Gasteiger partial charge < -0.3 is 11.1 Å². The van der Waals surface area contributed by atoms with E-state index in [1.807, 2.05) is 0 Å². The van der Waals surface area contributed by atoms with Crippen molar-refractivity contribution >= 4 is 50.6 Å². The monoisotopic (exact) mass is 406 g/mol. The van der Waals surface area contributed by atoms with Gasteiger partial charge in [0.15, 0.2) is 5.78 Å². The minimum atomic E-state index is -3.79. The molecule has 140 valence electrons. The van der Waals surface area contributed by atoms with Gasteiger partial charge in [-0.1, -0.05) is 0 Å². The number of benzene rings is 1. The summed E-state index contributed by atoms with van der Waals surface area (Å²) in [7, 11) is -3.79. The standard InChI is InChI=1S/C15H14N6O4S2/c1-8(22)11-6-7-12(26-11)13(23)21-14(16)19-15(20-21)18-9-2-4-10(5-3-9)27(17,24)25/h2-7H,1H3,(H2,17,24,25)(H3,16,18,19,20). The minimum Gasteiger partial charge on any atom is -0.368 e. The predicted molar refractivity (Wildman–Crippen MR) is 99.6 cm³/mol. The molecule has 2 aromatic heterocycles. The molecule has 0 atom stereocenters. The number of nitrogens with zero attached hydrogens (tertiary/aromatic N) is 3. The first kappa shape index (κ1) is 18.7. The Balaban J connectivity index is 1.81. The molecule has 27 heavy (non-hydrogen) atoms. The molecule has 0 aliphatic rings. The number of ketones is 1. The van der Waals surface area contributed by atoms with Gasteiger partial charge in [-0.25, -0.2) is 13.6 Å². The second kappa shape index (κ2) is 6.90. The molecule has 10 nitrogen and oxygen atoms in total. The van der Waals surface area contributed by atoms with Gasteiger partial charge in [-0.3, -0.25) is 9.59 Å². The van der Waals surface area contributed by atoms with Crippen LogP contribution in [0.1, 0.15) is 26.3 Å². The number of rotatable bonds is 5. The normalized spacial score (nSPS) is 11.3. The quantitative estimate of drug-likeness (QED) is 0.532.